The van der Waals surface area contributed by atoms with Crippen LogP contribution in [0.15, 0.2) is 62.2 Å². The molecule has 0 saturated carbocycles. The molecule has 1 heterocycles. The zero-order chi connectivity index (χ0) is 10.7. The molecule has 0 saturated heterocycles. The normalized spacial score (nSPS) is 9.87. The summed E-state index contributed by atoms with van der Waals surface area (Å²) in [6.07, 6.45) is 7.10. The summed E-state index contributed by atoms with van der Waals surface area (Å²) in [5.74, 6) is 0. The smallest absolute Gasteiger partial charge is 0.0455 e. The predicted octanol–water partition coefficient (Wildman–Crippen LogP) is 3.33. The minimum absolute atomic E-state index is 1.04. The molecule has 2 heteroatoms. The number of hydrogen-bond acceptors (Lipinski definition) is 2. The molecule has 0 fully saturated rings. The monoisotopic (exact) mass is 196 g/mol. The van der Waals surface area contributed by atoms with Crippen molar-refractivity contribution < 1.29 is 0 Å². The molecule has 2 nitrogen and oxygen atoms in total. The Labute approximate surface area is 89.2 Å². The standard InChI is InChI=1S/C13H12N2/c1-3-15(4-2)13-6-5-11-7-8-14-10-12(11)9-13/h3-10H,1-2H2. The molecule has 74 valence electrons. The van der Waals surface area contributed by atoms with Gasteiger partial charge in [0.15, 0.2) is 0 Å². The van der Waals surface area contributed by atoms with Gasteiger partial charge in [0, 0.05) is 35.9 Å². The van der Waals surface area contributed by atoms with Crippen molar-refractivity contribution in [2.45, 2.75) is 0 Å². The summed E-state index contributed by atoms with van der Waals surface area (Å²) in [5.41, 5.74) is 1.04. The first kappa shape index (κ1) is 9.46. The first-order chi connectivity index (χ1) is 7.35. The molecule has 0 N–H and O–H groups in total. The van der Waals surface area contributed by atoms with E-state index in [1.807, 2.05) is 23.2 Å². The lowest BCUT2D eigenvalue weighted by Gasteiger charge is -2.14. The third kappa shape index (κ3) is 1.74. The highest BCUT2D eigenvalue weighted by Crippen LogP contribution is 2.21. The lowest BCUT2D eigenvalue weighted by atomic mass is 10.1. The van der Waals surface area contributed by atoms with Crippen molar-refractivity contribution in [1.82, 2.24) is 4.98 Å². The molecule has 0 atom stereocenters. The number of fused-ring (bicyclic) bond motifs is 1. The second-order valence-corrected chi connectivity index (χ2v) is 3.18. The quantitative estimate of drug-likeness (QED) is 0.748. The summed E-state index contributed by atoms with van der Waals surface area (Å²) < 4.78 is 0. The topological polar surface area (TPSA) is 16.1 Å². The van der Waals surface area contributed by atoms with E-state index in [-0.39, 0.29) is 0 Å². The Bertz CT molecular complexity index is 495. The fourth-order valence-electron chi connectivity index (χ4n) is 1.52. The van der Waals surface area contributed by atoms with Crippen LogP contribution in [0.1, 0.15) is 0 Å². The van der Waals surface area contributed by atoms with E-state index < -0.39 is 0 Å². The van der Waals surface area contributed by atoms with Gasteiger partial charge in [0.25, 0.3) is 0 Å². The van der Waals surface area contributed by atoms with Crippen LogP contribution in [-0.2, 0) is 0 Å². The van der Waals surface area contributed by atoms with Crippen LogP contribution >= 0.6 is 0 Å². The number of nitrogens with zero attached hydrogens (tertiary/aromatic N) is 2. The van der Waals surface area contributed by atoms with E-state index in [1.54, 1.807) is 18.6 Å². The van der Waals surface area contributed by atoms with Crippen molar-refractivity contribution >= 4 is 16.5 Å². The van der Waals surface area contributed by atoms with E-state index in [4.69, 9.17) is 0 Å². The summed E-state index contributed by atoms with van der Waals surface area (Å²) in [6, 6.07) is 8.15. The van der Waals surface area contributed by atoms with E-state index in [2.05, 4.69) is 30.3 Å². The van der Waals surface area contributed by atoms with Gasteiger partial charge in [0.2, 0.25) is 0 Å². The SMILES string of the molecule is C=CN(C=C)c1ccc2ccncc2c1. The molecule has 2 aromatic rings. The summed E-state index contributed by atoms with van der Waals surface area (Å²) in [5, 5.41) is 2.30. The molecule has 0 aliphatic rings. The van der Waals surface area contributed by atoms with Crippen LogP contribution < -0.4 is 4.90 Å². The highest BCUT2D eigenvalue weighted by atomic mass is 15.1. The molecule has 0 aliphatic carbocycles. The van der Waals surface area contributed by atoms with Crippen molar-refractivity contribution in [1.29, 1.82) is 0 Å². The van der Waals surface area contributed by atoms with Crippen LogP contribution in [0, 0.1) is 0 Å². The molecule has 0 unspecified atom stereocenters. The number of rotatable bonds is 3. The van der Waals surface area contributed by atoms with E-state index in [0.717, 1.165) is 11.1 Å². The maximum absolute atomic E-state index is 4.09. The number of pyridine rings is 1. The molecular weight excluding hydrogens is 184 g/mol. The molecule has 1 aromatic heterocycles. The van der Waals surface area contributed by atoms with Crippen LogP contribution in [0.2, 0.25) is 0 Å². The summed E-state index contributed by atoms with van der Waals surface area (Å²) in [4.78, 5) is 5.96. The molecular formula is C13H12N2. The number of benzene rings is 1. The largest absolute Gasteiger partial charge is 0.325 e. The van der Waals surface area contributed by atoms with Crippen molar-refractivity contribution in [2.75, 3.05) is 4.90 Å². The molecule has 15 heavy (non-hydrogen) atoms. The Morgan fingerprint density at radius 2 is 1.87 bits per heavy atom. The van der Waals surface area contributed by atoms with Gasteiger partial charge in [-0.1, -0.05) is 19.2 Å². The summed E-state index contributed by atoms with van der Waals surface area (Å²) in [6.45, 7) is 7.45. The lowest BCUT2D eigenvalue weighted by Crippen LogP contribution is -2.04. The minimum atomic E-state index is 1.04. The first-order valence-electron chi connectivity index (χ1n) is 4.72. The Hall–Kier alpha value is -2.09. The molecule has 0 radical (unpaired) electrons. The van der Waals surface area contributed by atoms with Gasteiger partial charge in [0.05, 0.1) is 0 Å². The Morgan fingerprint density at radius 1 is 1.07 bits per heavy atom. The van der Waals surface area contributed by atoms with E-state index in [1.165, 1.54) is 5.39 Å². The first-order valence-corrected chi connectivity index (χ1v) is 4.72. The Morgan fingerprint density at radius 3 is 2.60 bits per heavy atom. The van der Waals surface area contributed by atoms with Gasteiger partial charge in [-0.3, -0.25) is 4.98 Å². The van der Waals surface area contributed by atoms with Crippen molar-refractivity contribution in [3.63, 3.8) is 0 Å². The molecule has 0 spiro atoms. The van der Waals surface area contributed by atoms with Crippen LogP contribution in [0.25, 0.3) is 10.8 Å². The highest BCUT2D eigenvalue weighted by molar-refractivity contribution is 5.85. The van der Waals surface area contributed by atoms with Crippen LogP contribution in [0.5, 0.6) is 0 Å². The minimum Gasteiger partial charge on any atom is -0.325 e. The molecule has 0 amide bonds. The van der Waals surface area contributed by atoms with Crippen molar-refractivity contribution in [3.8, 4) is 0 Å². The zero-order valence-corrected chi connectivity index (χ0v) is 8.43. The molecule has 0 bridgehead atoms. The van der Waals surface area contributed by atoms with E-state index in [0.29, 0.717) is 0 Å². The fourth-order valence-corrected chi connectivity index (χ4v) is 1.52. The number of anilines is 1. The van der Waals surface area contributed by atoms with Crippen LogP contribution in [0.4, 0.5) is 5.69 Å². The van der Waals surface area contributed by atoms with Gasteiger partial charge >= 0.3 is 0 Å². The second kappa shape index (κ2) is 3.96. The summed E-state index contributed by atoms with van der Waals surface area (Å²) in [7, 11) is 0. The molecule has 0 aliphatic heterocycles. The van der Waals surface area contributed by atoms with Gasteiger partial charge < -0.3 is 4.90 Å². The maximum atomic E-state index is 4.09. The third-order valence-electron chi connectivity index (χ3n) is 2.32. The van der Waals surface area contributed by atoms with Gasteiger partial charge in [-0.15, -0.1) is 0 Å². The van der Waals surface area contributed by atoms with Crippen LogP contribution in [0.3, 0.4) is 0 Å². The summed E-state index contributed by atoms with van der Waals surface area (Å²) >= 11 is 0. The third-order valence-corrected chi connectivity index (χ3v) is 2.32. The zero-order valence-electron chi connectivity index (χ0n) is 8.43. The average Bonchev–Trinajstić information content (AvgIpc) is 2.30. The Balaban J connectivity index is 2.55. The highest BCUT2D eigenvalue weighted by Gasteiger charge is 1.99. The number of hydrogen-bond donors (Lipinski definition) is 0. The second-order valence-electron chi connectivity index (χ2n) is 3.18. The lowest BCUT2D eigenvalue weighted by molar-refractivity contribution is 1.30. The Kier molecular flexibility index (Phi) is 2.50. The molecule has 2 rings (SSSR count). The van der Waals surface area contributed by atoms with Crippen LogP contribution in [-0.4, -0.2) is 4.98 Å². The van der Waals surface area contributed by atoms with Gasteiger partial charge in [-0.25, -0.2) is 0 Å². The van der Waals surface area contributed by atoms with Gasteiger partial charge in [-0.05, 0) is 23.6 Å². The van der Waals surface area contributed by atoms with Crippen molar-refractivity contribution in [3.05, 3.63) is 62.2 Å². The molecule has 1 aromatic carbocycles. The van der Waals surface area contributed by atoms with Gasteiger partial charge in [0.1, 0.15) is 0 Å². The average molecular weight is 196 g/mol. The van der Waals surface area contributed by atoms with Gasteiger partial charge in [-0.2, -0.15) is 0 Å². The van der Waals surface area contributed by atoms with E-state index in [9.17, 15) is 0 Å². The fraction of sp³-hybridized carbons (Fsp3) is 0. The van der Waals surface area contributed by atoms with E-state index >= 15 is 0 Å². The predicted molar refractivity (Wildman–Crippen MR) is 64.6 cm³/mol. The number of aromatic nitrogens is 1. The maximum Gasteiger partial charge on any atom is 0.0455 e. The van der Waals surface area contributed by atoms with Crippen molar-refractivity contribution in [2.24, 2.45) is 0 Å².